The lowest BCUT2D eigenvalue weighted by atomic mass is 10.1. The van der Waals surface area contributed by atoms with Crippen molar-refractivity contribution in [2.24, 2.45) is 0 Å². The van der Waals surface area contributed by atoms with Gasteiger partial charge in [0.15, 0.2) is 0 Å². The Morgan fingerprint density at radius 2 is 1.60 bits per heavy atom. The number of aromatic nitrogens is 1. The molecular formula is C22H14F5N3O5. The first-order valence-electron chi connectivity index (χ1n) is 9.49. The Morgan fingerprint density at radius 1 is 0.971 bits per heavy atom. The lowest BCUT2D eigenvalue weighted by molar-refractivity contribution is -0.138. The number of rotatable bonds is 5. The number of carbonyl (C=O) groups excluding carboxylic acids is 3. The topological polar surface area (TPSA) is 107 Å². The van der Waals surface area contributed by atoms with Crippen molar-refractivity contribution in [3.8, 4) is 11.6 Å². The maximum atomic E-state index is 13.6. The third-order valence-electron chi connectivity index (χ3n) is 4.34. The largest absolute Gasteiger partial charge is 0.465 e. The van der Waals surface area contributed by atoms with Gasteiger partial charge in [0.1, 0.15) is 22.9 Å². The fourth-order valence-electron chi connectivity index (χ4n) is 2.77. The highest BCUT2D eigenvalue weighted by Gasteiger charge is 2.36. The number of methoxy groups -OCH3 is 1. The van der Waals surface area contributed by atoms with E-state index in [4.69, 9.17) is 4.74 Å². The molecule has 0 saturated heterocycles. The minimum atomic E-state index is -4.88. The molecule has 0 fully saturated rings. The van der Waals surface area contributed by atoms with E-state index in [1.54, 1.807) is 5.32 Å². The minimum absolute atomic E-state index is 0.0203. The number of amides is 3. The van der Waals surface area contributed by atoms with Gasteiger partial charge in [0.05, 0.1) is 18.2 Å². The molecule has 0 unspecified atom stereocenters. The SMILES string of the molecule is COC(=O)c1cnc(Oc2ccc(NC(=O)NC(=O)c3c(F)cccc3F)cc2)cc1C(F)(F)F. The molecule has 0 atom stereocenters. The van der Waals surface area contributed by atoms with Crippen molar-refractivity contribution in [3.63, 3.8) is 0 Å². The van der Waals surface area contributed by atoms with Gasteiger partial charge in [-0.05, 0) is 36.4 Å². The molecule has 1 aromatic heterocycles. The number of hydrogen-bond donors (Lipinski definition) is 2. The van der Waals surface area contributed by atoms with E-state index in [1.807, 2.05) is 0 Å². The summed E-state index contributed by atoms with van der Waals surface area (Å²) in [4.78, 5) is 39.1. The van der Waals surface area contributed by atoms with Gasteiger partial charge < -0.3 is 14.8 Å². The Labute approximate surface area is 193 Å². The molecule has 13 heteroatoms. The quantitative estimate of drug-likeness (QED) is 0.385. The molecule has 1 heterocycles. The van der Waals surface area contributed by atoms with E-state index < -0.39 is 58.3 Å². The molecule has 2 N–H and O–H groups in total. The Balaban J connectivity index is 1.68. The number of pyridine rings is 1. The van der Waals surface area contributed by atoms with Crippen LogP contribution in [-0.4, -0.2) is 30.0 Å². The number of urea groups is 1. The van der Waals surface area contributed by atoms with Crippen molar-refractivity contribution >= 4 is 23.6 Å². The highest BCUT2D eigenvalue weighted by molar-refractivity contribution is 6.08. The maximum Gasteiger partial charge on any atom is 0.417 e. The summed E-state index contributed by atoms with van der Waals surface area (Å²) < 4.78 is 76.7. The van der Waals surface area contributed by atoms with E-state index in [9.17, 15) is 36.3 Å². The molecule has 3 aromatic rings. The Hall–Kier alpha value is -4.55. The van der Waals surface area contributed by atoms with E-state index in [0.29, 0.717) is 12.3 Å². The van der Waals surface area contributed by atoms with Crippen LogP contribution >= 0.6 is 0 Å². The van der Waals surface area contributed by atoms with E-state index in [2.05, 4.69) is 15.0 Å². The summed E-state index contributed by atoms with van der Waals surface area (Å²) in [5.74, 6) is -5.29. The van der Waals surface area contributed by atoms with E-state index in [0.717, 1.165) is 25.3 Å². The summed E-state index contributed by atoms with van der Waals surface area (Å²) in [6.07, 6.45) is -4.21. The number of benzene rings is 2. The number of nitrogens with one attached hydrogen (secondary N) is 2. The van der Waals surface area contributed by atoms with Crippen molar-refractivity contribution in [3.05, 3.63) is 83.1 Å². The van der Waals surface area contributed by atoms with Crippen molar-refractivity contribution in [2.45, 2.75) is 6.18 Å². The van der Waals surface area contributed by atoms with Gasteiger partial charge in [0.2, 0.25) is 5.88 Å². The second-order valence-electron chi connectivity index (χ2n) is 6.69. The van der Waals surface area contributed by atoms with Gasteiger partial charge in [-0.3, -0.25) is 10.1 Å². The normalized spacial score (nSPS) is 10.9. The molecule has 3 rings (SSSR count). The zero-order chi connectivity index (χ0) is 25.8. The monoisotopic (exact) mass is 495 g/mol. The van der Waals surface area contributed by atoms with Crippen LogP contribution in [0.15, 0.2) is 54.7 Å². The van der Waals surface area contributed by atoms with Crippen LogP contribution in [0.5, 0.6) is 11.6 Å². The summed E-state index contributed by atoms with van der Waals surface area (Å²) in [6, 6.07) is 7.26. The second kappa shape index (κ2) is 10.2. The predicted molar refractivity (Wildman–Crippen MR) is 110 cm³/mol. The van der Waals surface area contributed by atoms with Crippen molar-refractivity contribution < 1.29 is 45.8 Å². The average molecular weight is 495 g/mol. The first kappa shape index (κ1) is 25.1. The number of esters is 1. The van der Waals surface area contributed by atoms with Gasteiger partial charge >= 0.3 is 18.2 Å². The molecule has 2 aromatic carbocycles. The molecule has 182 valence electrons. The third kappa shape index (κ3) is 6.07. The molecule has 8 nitrogen and oxygen atoms in total. The number of anilines is 1. The van der Waals surface area contributed by atoms with Crippen LogP contribution in [0.1, 0.15) is 26.3 Å². The van der Waals surface area contributed by atoms with Crippen LogP contribution in [0.2, 0.25) is 0 Å². The summed E-state index contributed by atoms with van der Waals surface area (Å²) in [5, 5.41) is 4.01. The Kier molecular flexibility index (Phi) is 7.28. The van der Waals surface area contributed by atoms with Crippen LogP contribution < -0.4 is 15.4 Å². The van der Waals surface area contributed by atoms with Gasteiger partial charge in [-0.25, -0.2) is 23.4 Å². The standard InChI is InChI=1S/C22H14F5N3O5/c1-34-20(32)13-10-28-17(9-14(13)22(25,26)27)35-12-7-5-11(6-8-12)29-21(33)30-19(31)18-15(23)3-2-4-16(18)24/h2-10H,1H3,(H2,29,30,31,33). The van der Waals surface area contributed by atoms with E-state index >= 15 is 0 Å². The molecule has 0 aliphatic heterocycles. The maximum absolute atomic E-state index is 13.6. The minimum Gasteiger partial charge on any atom is -0.465 e. The molecule has 3 amide bonds. The lowest BCUT2D eigenvalue weighted by Crippen LogP contribution is -2.35. The zero-order valence-electron chi connectivity index (χ0n) is 17.6. The Morgan fingerprint density at radius 3 is 2.17 bits per heavy atom. The molecule has 0 aliphatic rings. The number of imide groups is 1. The molecule has 0 spiro atoms. The molecule has 0 saturated carbocycles. The first-order chi connectivity index (χ1) is 16.5. The number of carbonyl (C=O) groups is 3. The lowest BCUT2D eigenvalue weighted by Gasteiger charge is -2.13. The van der Waals surface area contributed by atoms with Gasteiger partial charge in [-0.2, -0.15) is 13.2 Å². The van der Waals surface area contributed by atoms with Gasteiger partial charge in [0.25, 0.3) is 5.91 Å². The molecule has 0 aliphatic carbocycles. The van der Waals surface area contributed by atoms with Gasteiger partial charge in [-0.1, -0.05) is 6.07 Å². The molecule has 35 heavy (non-hydrogen) atoms. The summed E-state index contributed by atoms with van der Waals surface area (Å²) >= 11 is 0. The third-order valence-corrected chi connectivity index (χ3v) is 4.34. The predicted octanol–water partition coefficient (Wildman–Crippen LogP) is 4.92. The van der Waals surface area contributed by atoms with Gasteiger partial charge in [-0.15, -0.1) is 0 Å². The number of hydrogen-bond acceptors (Lipinski definition) is 6. The van der Waals surface area contributed by atoms with E-state index in [1.165, 1.54) is 24.3 Å². The smallest absolute Gasteiger partial charge is 0.417 e. The van der Waals surface area contributed by atoms with Crippen molar-refractivity contribution in [2.75, 3.05) is 12.4 Å². The number of nitrogens with zero attached hydrogens (tertiary/aromatic N) is 1. The second-order valence-corrected chi connectivity index (χ2v) is 6.69. The van der Waals surface area contributed by atoms with Crippen LogP contribution in [0.3, 0.4) is 0 Å². The first-order valence-corrected chi connectivity index (χ1v) is 9.49. The summed E-state index contributed by atoms with van der Waals surface area (Å²) in [5.41, 5.74) is -2.92. The van der Waals surface area contributed by atoms with Crippen LogP contribution in [0, 0.1) is 11.6 Å². The fraction of sp³-hybridized carbons (Fsp3) is 0.0909. The molecule has 0 bridgehead atoms. The highest BCUT2D eigenvalue weighted by Crippen LogP contribution is 2.35. The van der Waals surface area contributed by atoms with Crippen LogP contribution in [0.25, 0.3) is 0 Å². The van der Waals surface area contributed by atoms with Gasteiger partial charge in [0, 0.05) is 18.0 Å². The molecular weight excluding hydrogens is 481 g/mol. The number of alkyl halides is 3. The zero-order valence-corrected chi connectivity index (χ0v) is 17.6. The summed E-state index contributed by atoms with van der Waals surface area (Å²) in [7, 11) is 0.927. The van der Waals surface area contributed by atoms with Crippen LogP contribution in [0.4, 0.5) is 32.4 Å². The van der Waals surface area contributed by atoms with Crippen molar-refractivity contribution in [1.82, 2.24) is 10.3 Å². The molecule has 0 radical (unpaired) electrons. The van der Waals surface area contributed by atoms with Crippen molar-refractivity contribution in [1.29, 1.82) is 0 Å². The van der Waals surface area contributed by atoms with E-state index in [-0.39, 0.29) is 11.4 Å². The number of ether oxygens (including phenoxy) is 2. The summed E-state index contributed by atoms with van der Waals surface area (Å²) in [6.45, 7) is 0. The fourth-order valence-corrected chi connectivity index (χ4v) is 2.77. The number of halogens is 5. The Bertz CT molecular complexity index is 1260. The highest BCUT2D eigenvalue weighted by atomic mass is 19.4. The van der Waals surface area contributed by atoms with Crippen LogP contribution in [-0.2, 0) is 10.9 Å². The average Bonchev–Trinajstić information content (AvgIpc) is 2.79.